The van der Waals surface area contributed by atoms with Crippen LogP contribution >= 0.6 is 23.4 Å². The molecule has 0 saturated carbocycles. The number of primary amides is 1. The van der Waals surface area contributed by atoms with Crippen molar-refractivity contribution < 1.29 is 46.7 Å². The minimum atomic E-state index is -4.57. The van der Waals surface area contributed by atoms with Gasteiger partial charge in [0, 0.05) is 34.2 Å². The van der Waals surface area contributed by atoms with Crippen LogP contribution in [-0.2, 0) is 31.8 Å². The standard InChI is InChI=1S/C33H37ClF3N5O7S/c1-30(2,3)33(48-27(38)44,49-28(45)39-31(4,5)6)40-47-14-13-42-26(43)25(50-29(42)46)16-19-7-10-24-20(15-19)11-12-41(24)18-21-8-9-22(34)17-23(21)32(35,36)37/h7-12,15-17,40H,13-14,18H2,1-6H3,(H2,38,44)(H,39,45). The molecular formula is C33H37ClF3N5O7S. The third kappa shape index (κ3) is 9.29. The average Bonchev–Trinajstić information content (AvgIpc) is 3.48. The monoisotopic (exact) mass is 739 g/mol. The molecule has 17 heteroatoms. The first-order valence-electron chi connectivity index (χ1n) is 15.2. The number of nitrogens with one attached hydrogen (secondary N) is 2. The maximum atomic E-state index is 13.6. The first-order valence-corrected chi connectivity index (χ1v) is 16.4. The number of hydrogen-bond acceptors (Lipinski definition) is 9. The number of amides is 4. The molecule has 4 rings (SSSR count). The normalized spacial score (nSPS) is 16.2. The van der Waals surface area contributed by atoms with Crippen molar-refractivity contribution in [2.75, 3.05) is 13.2 Å². The highest BCUT2D eigenvalue weighted by Gasteiger charge is 2.51. The van der Waals surface area contributed by atoms with E-state index in [2.05, 4.69) is 10.8 Å². The summed E-state index contributed by atoms with van der Waals surface area (Å²) in [6.07, 6.45) is -3.57. The largest absolute Gasteiger partial charge is 0.416 e. The van der Waals surface area contributed by atoms with Gasteiger partial charge in [0.2, 0.25) is 0 Å². The number of ether oxygens (including phenoxy) is 2. The zero-order valence-corrected chi connectivity index (χ0v) is 29.6. The van der Waals surface area contributed by atoms with Crippen LogP contribution in [0.5, 0.6) is 0 Å². The number of thioether (sulfide) groups is 1. The number of imide groups is 1. The van der Waals surface area contributed by atoms with Crippen LogP contribution in [0.3, 0.4) is 0 Å². The molecular weight excluding hydrogens is 703 g/mol. The number of aromatic nitrogens is 1. The number of carbonyl (C=O) groups excluding carboxylic acids is 4. The van der Waals surface area contributed by atoms with E-state index in [0.29, 0.717) is 16.5 Å². The highest BCUT2D eigenvalue weighted by atomic mass is 35.5. The second-order valence-electron chi connectivity index (χ2n) is 13.4. The molecule has 1 atom stereocenters. The number of benzene rings is 2. The van der Waals surface area contributed by atoms with Crippen molar-refractivity contribution in [3.63, 3.8) is 0 Å². The summed E-state index contributed by atoms with van der Waals surface area (Å²) in [6.45, 7) is 9.36. The second kappa shape index (κ2) is 14.5. The SMILES string of the molecule is CC(C)(C)NC(=O)OC(NOCCN1C(=O)SC(=Cc2ccc3c(ccn3Cc3ccc(Cl)cc3C(F)(F)F)c2)C1=O)(OC(N)=O)C(C)(C)C. The molecule has 1 fully saturated rings. The van der Waals surface area contributed by atoms with Gasteiger partial charge >= 0.3 is 24.3 Å². The van der Waals surface area contributed by atoms with Gasteiger partial charge in [0.25, 0.3) is 11.1 Å². The topological polar surface area (TPSA) is 154 Å². The van der Waals surface area contributed by atoms with Crippen molar-refractivity contribution in [3.8, 4) is 0 Å². The third-order valence-electron chi connectivity index (χ3n) is 7.25. The van der Waals surface area contributed by atoms with Crippen molar-refractivity contribution in [2.24, 2.45) is 11.1 Å². The van der Waals surface area contributed by atoms with E-state index in [4.69, 9.17) is 31.6 Å². The fourth-order valence-electron chi connectivity index (χ4n) is 4.83. The predicted octanol–water partition coefficient (Wildman–Crippen LogP) is 7.24. The van der Waals surface area contributed by atoms with Gasteiger partial charge in [-0.2, -0.15) is 13.2 Å². The first kappa shape index (κ1) is 38.6. The molecule has 1 aliphatic rings. The highest BCUT2D eigenvalue weighted by molar-refractivity contribution is 8.18. The summed E-state index contributed by atoms with van der Waals surface area (Å²) in [4.78, 5) is 56.9. The van der Waals surface area contributed by atoms with Crippen LogP contribution < -0.4 is 16.5 Å². The molecule has 1 saturated heterocycles. The van der Waals surface area contributed by atoms with Crippen LogP contribution in [0.2, 0.25) is 5.02 Å². The number of carbonyl (C=O) groups is 4. The number of nitrogens with zero attached hydrogens (tertiary/aromatic N) is 2. The number of alkyl carbamates (subject to hydrolysis) is 1. The molecule has 1 aromatic heterocycles. The van der Waals surface area contributed by atoms with Gasteiger partial charge in [-0.3, -0.25) is 19.3 Å². The first-order chi connectivity index (χ1) is 23.1. The molecule has 0 bridgehead atoms. The quantitative estimate of drug-likeness (QED) is 0.0845. The zero-order chi connectivity index (χ0) is 37.2. The molecule has 3 aromatic rings. The van der Waals surface area contributed by atoms with Gasteiger partial charge in [0.1, 0.15) is 0 Å². The molecule has 0 spiro atoms. The molecule has 12 nitrogen and oxygen atoms in total. The number of hydroxylamine groups is 1. The highest BCUT2D eigenvalue weighted by Crippen LogP contribution is 2.36. The predicted molar refractivity (Wildman–Crippen MR) is 181 cm³/mol. The Hall–Kier alpha value is -4.25. The molecule has 4 N–H and O–H groups in total. The zero-order valence-electron chi connectivity index (χ0n) is 28.1. The van der Waals surface area contributed by atoms with Gasteiger partial charge in [-0.05, 0) is 80.1 Å². The summed E-state index contributed by atoms with van der Waals surface area (Å²) >= 11 is 6.54. The second-order valence-corrected chi connectivity index (χ2v) is 14.8. The molecule has 2 heterocycles. The van der Waals surface area contributed by atoms with E-state index in [0.717, 1.165) is 22.7 Å². The number of fused-ring (bicyclic) bond motifs is 1. The Bertz CT molecular complexity index is 1830. The van der Waals surface area contributed by atoms with E-state index in [-0.39, 0.29) is 35.2 Å². The molecule has 0 radical (unpaired) electrons. The van der Waals surface area contributed by atoms with Crippen molar-refractivity contribution in [2.45, 2.75) is 65.7 Å². The van der Waals surface area contributed by atoms with Crippen molar-refractivity contribution in [1.82, 2.24) is 20.3 Å². The minimum absolute atomic E-state index is 0.0128. The third-order valence-corrected chi connectivity index (χ3v) is 8.40. The lowest BCUT2D eigenvalue weighted by atomic mass is 9.91. The molecule has 1 aliphatic heterocycles. The fourth-order valence-corrected chi connectivity index (χ4v) is 5.87. The Labute approximate surface area is 295 Å². The van der Waals surface area contributed by atoms with Gasteiger partial charge in [0.05, 0.1) is 29.0 Å². The summed E-state index contributed by atoms with van der Waals surface area (Å²) in [5.41, 5.74) is 6.38. The van der Waals surface area contributed by atoms with Crippen molar-refractivity contribution in [3.05, 3.63) is 75.3 Å². The number of halogens is 4. The van der Waals surface area contributed by atoms with Crippen molar-refractivity contribution >= 4 is 63.7 Å². The molecule has 4 amide bonds. The smallest absolute Gasteiger partial charge is 0.390 e. The lowest BCUT2D eigenvalue weighted by molar-refractivity contribution is -0.298. The van der Waals surface area contributed by atoms with Crippen LogP contribution in [0.15, 0.2) is 53.6 Å². The lowest BCUT2D eigenvalue weighted by Crippen LogP contribution is -2.63. The van der Waals surface area contributed by atoms with Gasteiger partial charge in [-0.1, -0.05) is 44.5 Å². The Morgan fingerprint density at radius 2 is 1.70 bits per heavy atom. The van der Waals surface area contributed by atoms with Crippen LogP contribution in [0, 0.1) is 5.41 Å². The molecule has 0 aliphatic carbocycles. The average molecular weight is 740 g/mol. The molecule has 270 valence electrons. The van der Waals surface area contributed by atoms with E-state index in [1.807, 2.05) is 0 Å². The lowest BCUT2D eigenvalue weighted by Gasteiger charge is -2.41. The number of alkyl halides is 3. The van der Waals surface area contributed by atoms with E-state index < -0.39 is 51.9 Å². The van der Waals surface area contributed by atoms with Gasteiger partial charge < -0.3 is 25.1 Å². The minimum Gasteiger partial charge on any atom is -0.390 e. The number of rotatable bonds is 10. The van der Waals surface area contributed by atoms with Gasteiger partial charge in [0.15, 0.2) is 0 Å². The van der Waals surface area contributed by atoms with E-state index in [1.165, 1.54) is 18.2 Å². The van der Waals surface area contributed by atoms with E-state index in [1.54, 1.807) is 76.6 Å². The van der Waals surface area contributed by atoms with Gasteiger partial charge in [-0.15, -0.1) is 5.48 Å². The Kier molecular flexibility index (Phi) is 11.2. The van der Waals surface area contributed by atoms with Crippen LogP contribution in [-0.4, -0.2) is 57.4 Å². The maximum Gasteiger partial charge on any atom is 0.416 e. The maximum absolute atomic E-state index is 13.6. The van der Waals surface area contributed by atoms with E-state index >= 15 is 0 Å². The van der Waals surface area contributed by atoms with Crippen LogP contribution in [0.25, 0.3) is 17.0 Å². The van der Waals surface area contributed by atoms with Gasteiger partial charge in [-0.25, -0.2) is 9.59 Å². The fraction of sp³-hybridized carbons (Fsp3) is 0.394. The summed E-state index contributed by atoms with van der Waals surface area (Å²) in [7, 11) is 0. The number of nitrogens with two attached hydrogens (primary N) is 1. The van der Waals surface area contributed by atoms with Crippen LogP contribution in [0.4, 0.5) is 27.6 Å². The van der Waals surface area contributed by atoms with E-state index in [9.17, 15) is 32.3 Å². The summed E-state index contributed by atoms with van der Waals surface area (Å²) in [6, 6.07) is 10.5. The van der Waals surface area contributed by atoms with Crippen LogP contribution in [0.1, 0.15) is 58.2 Å². The summed E-state index contributed by atoms with van der Waals surface area (Å²) < 4.78 is 53.2. The molecule has 50 heavy (non-hydrogen) atoms. The summed E-state index contributed by atoms with van der Waals surface area (Å²) in [5, 5.41) is 2.72. The number of hydrogen-bond donors (Lipinski definition) is 3. The molecule has 2 aromatic carbocycles. The Morgan fingerprint density at radius 1 is 1.00 bits per heavy atom. The Morgan fingerprint density at radius 3 is 2.32 bits per heavy atom. The van der Waals surface area contributed by atoms with Crippen molar-refractivity contribution in [1.29, 1.82) is 0 Å². The molecule has 1 unspecified atom stereocenters. The summed E-state index contributed by atoms with van der Waals surface area (Å²) in [5.74, 6) is -2.78. The Balaban J connectivity index is 1.44.